The van der Waals surface area contributed by atoms with Crippen molar-refractivity contribution in [1.82, 2.24) is 0 Å². The highest BCUT2D eigenvalue weighted by Gasteiger charge is 2.37. The van der Waals surface area contributed by atoms with E-state index in [1.807, 2.05) is 6.92 Å². The summed E-state index contributed by atoms with van der Waals surface area (Å²) in [7, 11) is 0. The van der Waals surface area contributed by atoms with Crippen molar-refractivity contribution in [1.29, 1.82) is 0 Å². The van der Waals surface area contributed by atoms with Crippen LogP contribution in [0.25, 0.3) is 0 Å². The average Bonchev–Trinajstić information content (AvgIpc) is 2.72. The van der Waals surface area contributed by atoms with Crippen LogP contribution in [0.2, 0.25) is 5.02 Å². The zero-order valence-electron chi connectivity index (χ0n) is 9.75. The second-order valence-electron chi connectivity index (χ2n) is 4.68. The Morgan fingerprint density at radius 1 is 1.59 bits per heavy atom. The maximum atomic E-state index is 13.6. The molecule has 1 heterocycles. The normalized spacial score (nSPS) is 26.1. The van der Waals surface area contributed by atoms with Gasteiger partial charge in [-0.25, -0.2) is 4.39 Å². The third-order valence-electron chi connectivity index (χ3n) is 3.41. The van der Waals surface area contributed by atoms with Crippen molar-refractivity contribution in [3.8, 4) is 0 Å². The van der Waals surface area contributed by atoms with Crippen molar-refractivity contribution in [3.05, 3.63) is 34.6 Å². The van der Waals surface area contributed by atoms with Crippen LogP contribution < -0.4 is 0 Å². The predicted octanol–water partition coefficient (Wildman–Crippen LogP) is 3.67. The minimum atomic E-state index is -0.551. The van der Waals surface area contributed by atoms with Crippen LogP contribution in [0.3, 0.4) is 0 Å². The molecule has 1 saturated heterocycles. The molecule has 1 aromatic rings. The summed E-state index contributed by atoms with van der Waals surface area (Å²) in [4.78, 5) is 0. The minimum absolute atomic E-state index is 0.161. The van der Waals surface area contributed by atoms with Crippen molar-refractivity contribution in [2.45, 2.75) is 37.0 Å². The molecule has 0 aromatic heterocycles. The van der Waals surface area contributed by atoms with E-state index in [1.54, 1.807) is 23.9 Å². The van der Waals surface area contributed by atoms with Gasteiger partial charge in [0.15, 0.2) is 0 Å². The first kappa shape index (κ1) is 13.2. The standard InChI is InChI=1S/C13H16ClFOS/c1-13(6-3-7-17-13)12(16)8-9-10(14)4-2-5-11(9)15/h2,4-5,12,16H,3,6-8H2,1H3. The predicted molar refractivity (Wildman–Crippen MR) is 71.2 cm³/mol. The Kier molecular flexibility index (Phi) is 4.01. The summed E-state index contributed by atoms with van der Waals surface area (Å²) in [6, 6.07) is 4.63. The van der Waals surface area contributed by atoms with E-state index < -0.39 is 6.10 Å². The fraction of sp³-hybridized carbons (Fsp3) is 0.538. The fourth-order valence-corrected chi connectivity index (χ4v) is 3.76. The van der Waals surface area contributed by atoms with Crippen molar-refractivity contribution in [3.63, 3.8) is 0 Å². The smallest absolute Gasteiger partial charge is 0.127 e. The van der Waals surface area contributed by atoms with E-state index in [4.69, 9.17) is 11.6 Å². The van der Waals surface area contributed by atoms with Gasteiger partial charge in [-0.05, 0) is 37.7 Å². The van der Waals surface area contributed by atoms with E-state index in [-0.39, 0.29) is 17.0 Å². The molecule has 1 aliphatic rings. The van der Waals surface area contributed by atoms with Crippen LogP contribution in [0.1, 0.15) is 25.3 Å². The first-order valence-electron chi connectivity index (χ1n) is 5.78. The topological polar surface area (TPSA) is 20.2 Å². The quantitative estimate of drug-likeness (QED) is 0.908. The number of halogens is 2. The van der Waals surface area contributed by atoms with Gasteiger partial charge in [0.05, 0.1) is 6.10 Å². The number of benzene rings is 1. The lowest BCUT2D eigenvalue weighted by atomic mass is 9.93. The molecule has 0 spiro atoms. The molecule has 17 heavy (non-hydrogen) atoms. The van der Waals surface area contributed by atoms with Crippen molar-refractivity contribution in [2.75, 3.05) is 5.75 Å². The molecule has 1 nitrogen and oxygen atoms in total. The zero-order valence-corrected chi connectivity index (χ0v) is 11.3. The number of aliphatic hydroxyl groups excluding tert-OH is 1. The van der Waals surface area contributed by atoms with Crippen molar-refractivity contribution < 1.29 is 9.50 Å². The van der Waals surface area contributed by atoms with Gasteiger partial charge in [-0.2, -0.15) is 11.8 Å². The summed E-state index contributed by atoms with van der Waals surface area (Å²) in [5, 5.41) is 10.7. The Hall–Kier alpha value is -0.250. The van der Waals surface area contributed by atoms with Crippen molar-refractivity contribution in [2.24, 2.45) is 0 Å². The molecule has 94 valence electrons. The first-order chi connectivity index (χ1) is 8.03. The first-order valence-corrected chi connectivity index (χ1v) is 7.14. The summed E-state index contributed by atoms with van der Waals surface area (Å²) in [5.41, 5.74) is 0.426. The van der Waals surface area contributed by atoms with Crippen LogP contribution in [0, 0.1) is 5.82 Å². The summed E-state index contributed by atoms with van der Waals surface area (Å²) < 4.78 is 13.5. The molecule has 2 atom stereocenters. The van der Waals surface area contributed by atoms with Gasteiger partial charge in [-0.15, -0.1) is 0 Å². The van der Waals surface area contributed by atoms with Crippen LogP contribution in [-0.4, -0.2) is 21.7 Å². The van der Waals surface area contributed by atoms with Crippen LogP contribution >= 0.6 is 23.4 Å². The van der Waals surface area contributed by atoms with Gasteiger partial charge in [0, 0.05) is 21.8 Å². The molecule has 2 unspecified atom stereocenters. The molecule has 1 fully saturated rings. The molecule has 2 rings (SSSR count). The van der Waals surface area contributed by atoms with Gasteiger partial charge in [0.2, 0.25) is 0 Å². The molecule has 1 N–H and O–H groups in total. The zero-order chi connectivity index (χ0) is 12.5. The van der Waals surface area contributed by atoms with Crippen LogP contribution in [-0.2, 0) is 6.42 Å². The van der Waals surface area contributed by atoms with Crippen molar-refractivity contribution >= 4 is 23.4 Å². The minimum Gasteiger partial charge on any atom is -0.391 e. The lowest BCUT2D eigenvalue weighted by molar-refractivity contribution is 0.132. The molecular formula is C13H16ClFOS. The third-order valence-corrected chi connectivity index (χ3v) is 5.40. The second kappa shape index (κ2) is 5.17. The van der Waals surface area contributed by atoms with E-state index in [0.29, 0.717) is 10.6 Å². The van der Waals surface area contributed by atoms with E-state index >= 15 is 0 Å². The van der Waals surface area contributed by atoms with Gasteiger partial charge in [-0.1, -0.05) is 17.7 Å². The maximum absolute atomic E-state index is 13.6. The van der Waals surface area contributed by atoms with Crippen LogP contribution in [0.4, 0.5) is 4.39 Å². The Labute approximate surface area is 110 Å². The Balaban J connectivity index is 2.15. The molecule has 1 aliphatic heterocycles. The maximum Gasteiger partial charge on any atom is 0.127 e. The third kappa shape index (κ3) is 2.78. The highest BCUT2D eigenvalue weighted by atomic mass is 35.5. The highest BCUT2D eigenvalue weighted by Crippen LogP contribution is 2.41. The van der Waals surface area contributed by atoms with E-state index in [9.17, 15) is 9.50 Å². The highest BCUT2D eigenvalue weighted by molar-refractivity contribution is 8.00. The number of thioether (sulfide) groups is 1. The summed E-state index contributed by atoms with van der Waals surface area (Å²) in [6.07, 6.45) is 1.83. The second-order valence-corrected chi connectivity index (χ2v) is 6.72. The van der Waals surface area contributed by atoms with Gasteiger partial charge < -0.3 is 5.11 Å². The monoisotopic (exact) mass is 274 g/mol. The van der Waals surface area contributed by atoms with E-state index in [1.165, 1.54) is 6.07 Å². The SMILES string of the molecule is CC1(C(O)Cc2c(F)cccc2Cl)CCCS1. The summed E-state index contributed by atoms with van der Waals surface area (Å²) in [6.45, 7) is 2.05. The fourth-order valence-electron chi connectivity index (χ4n) is 2.20. The van der Waals surface area contributed by atoms with Gasteiger partial charge in [0.1, 0.15) is 5.82 Å². The molecular weight excluding hydrogens is 259 g/mol. The Bertz CT molecular complexity index is 384. The molecule has 0 bridgehead atoms. The Morgan fingerprint density at radius 2 is 2.35 bits per heavy atom. The van der Waals surface area contributed by atoms with Gasteiger partial charge in [-0.3, -0.25) is 0 Å². The lowest BCUT2D eigenvalue weighted by Crippen LogP contribution is -2.35. The Morgan fingerprint density at radius 3 is 2.94 bits per heavy atom. The number of rotatable bonds is 3. The van der Waals surface area contributed by atoms with Crippen LogP contribution in [0.15, 0.2) is 18.2 Å². The lowest BCUT2D eigenvalue weighted by Gasteiger charge is -2.29. The largest absolute Gasteiger partial charge is 0.391 e. The number of hydrogen-bond donors (Lipinski definition) is 1. The van der Waals surface area contributed by atoms with Gasteiger partial charge >= 0.3 is 0 Å². The van der Waals surface area contributed by atoms with Gasteiger partial charge in [0.25, 0.3) is 0 Å². The average molecular weight is 275 g/mol. The summed E-state index contributed by atoms with van der Waals surface area (Å²) >= 11 is 7.74. The molecule has 0 aliphatic carbocycles. The number of hydrogen-bond acceptors (Lipinski definition) is 2. The molecule has 0 amide bonds. The molecule has 1 aromatic carbocycles. The molecule has 4 heteroatoms. The van der Waals surface area contributed by atoms with E-state index in [0.717, 1.165) is 18.6 Å². The number of aliphatic hydroxyl groups is 1. The molecule has 0 saturated carbocycles. The molecule has 0 radical (unpaired) electrons. The van der Waals surface area contributed by atoms with Crippen LogP contribution in [0.5, 0.6) is 0 Å². The van der Waals surface area contributed by atoms with E-state index in [2.05, 4.69) is 0 Å². The summed E-state index contributed by atoms with van der Waals surface area (Å²) in [5.74, 6) is 0.738.